The van der Waals surface area contributed by atoms with Gasteiger partial charge in [-0.05, 0) is 44.0 Å². The van der Waals surface area contributed by atoms with E-state index in [-0.39, 0.29) is 6.04 Å². The normalized spacial score (nSPS) is 19.4. The Morgan fingerprint density at radius 1 is 1.06 bits per heavy atom. The van der Waals surface area contributed by atoms with Gasteiger partial charge in [0, 0.05) is 79.1 Å². The number of Topliss-reactive ketones (excluding diaryl/α,β-unsaturated/α-hetero) is 1. The van der Waals surface area contributed by atoms with Gasteiger partial charge in [-0.1, -0.05) is 11.6 Å². The van der Waals surface area contributed by atoms with Crippen molar-refractivity contribution in [1.82, 2.24) is 15.0 Å². The van der Waals surface area contributed by atoms with Gasteiger partial charge in [0.05, 0.1) is 5.52 Å². The summed E-state index contributed by atoms with van der Waals surface area (Å²) in [6.45, 7) is 5.52. The number of fused-ring (bicyclic) bond motifs is 1. The van der Waals surface area contributed by atoms with E-state index >= 15 is 0 Å². The fourth-order valence-electron chi connectivity index (χ4n) is 4.67. The van der Waals surface area contributed by atoms with E-state index in [0.717, 1.165) is 61.4 Å². The highest BCUT2D eigenvalue weighted by Gasteiger charge is 2.23. The molecule has 2 aliphatic rings. The number of anilines is 3. The summed E-state index contributed by atoms with van der Waals surface area (Å²) in [4.78, 5) is 30.3. The van der Waals surface area contributed by atoms with E-state index in [1.54, 1.807) is 0 Å². The first-order chi connectivity index (χ1) is 15.5. The van der Waals surface area contributed by atoms with Crippen LogP contribution in [0.3, 0.4) is 0 Å². The Morgan fingerprint density at radius 3 is 2.69 bits per heavy atom. The van der Waals surface area contributed by atoms with Crippen LogP contribution >= 0.6 is 11.6 Å². The second kappa shape index (κ2) is 8.90. The van der Waals surface area contributed by atoms with Crippen LogP contribution in [0.4, 0.5) is 17.5 Å². The molecule has 3 aromatic rings. The third-order valence-corrected chi connectivity index (χ3v) is 6.52. The molecule has 0 spiro atoms. The lowest BCUT2D eigenvalue weighted by atomic mass is 9.94. The Labute approximate surface area is 192 Å². The number of benzene rings is 1. The fraction of sp³-hybridized carbons (Fsp3) is 0.417. The van der Waals surface area contributed by atoms with E-state index in [1.165, 1.54) is 5.69 Å². The summed E-state index contributed by atoms with van der Waals surface area (Å²) in [7, 11) is 0. The zero-order valence-corrected chi connectivity index (χ0v) is 19.0. The molecule has 1 atom stereocenters. The van der Waals surface area contributed by atoms with Gasteiger partial charge >= 0.3 is 0 Å². The zero-order chi connectivity index (χ0) is 22.1. The molecule has 0 amide bonds. The maximum absolute atomic E-state index is 11.8. The Kier molecular flexibility index (Phi) is 5.83. The van der Waals surface area contributed by atoms with Gasteiger partial charge in [-0.2, -0.15) is 4.98 Å². The number of aromatic nitrogens is 3. The summed E-state index contributed by atoms with van der Waals surface area (Å²) in [5.74, 6) is 1.89. The highest BCUT2D eigenvalue weighted by atomic mass is 35.5. The molecular weight excluding hydrogens is 424 g/mol. The topological polar surface area (TPSA) is 74.2 Å². The molecule has 1 aromatic carbocycles. The molecule has 1 aliphatic heterocycles. The average Bonchev–Trinajstić information content (AvgIpc) is 2.78. The van der Waals surface area contributed by atoms with Crippen molar-refractivity contribution in [2.45, 2.75) is 38.6 Å². The van der Waals surface area contributed by atoms with Crippen molar-refractivity contribution < 1.29 is 4.79 Å². The minimum atomic E-state index is 0.135. The number of piperazine rings is 1. The SMILES string of the molecule is Cc1cc(N2CCN(c3ccnc4cc(Cl)ccc34)CC2)nc(NC2CCCC(=O)C2)n1. The van der Waals surface area contributed by atoms with Gasteiger partial charge in [0.25, 0.3) is 0 Å². The number of hydrogen-bond donors (Lipinski definition) is 1. The first-order valence-corrected chi connectivity index (χ1v) is 11.6. The number of rotatable bonds is 4. The Balaban J connectivity index is 1.29. The maximum Gasteiger partial charge on any atom is 0.225 e. The van der Waals surface area contributed by atoms with Crippen molar-refractivity contribution in [3.8, 4) is 0 Å². The Hall–Kier alpha value is -2.93. The van der Waals surface area contributed by atoms with E-state index in [4.69, 9.17) is 16.6 Å². The molecule has 1 saturated carbocycles. The summed E-state index contributed by atoms with van der Waals surface area (Å²) in [5.41, 5.74) is 3.04. The van der Waals surface area contributed by atoms with Gasteiger partial charge in [0.15, 0.2) is 0 Å². The number of nitrogens with one attached hydrogen (secondary N) is 1. The van der Waals surface area contributed by atoms with Crippen LogP contribution < -0.4 is 15.1 Å². The number of aryl methyl sites for hydroxylation is 1. The monoisotopic (exact) mass is 450 g/mol. The summed E-state index contributed by atoms with van der Waals surface area (Å²) >= 11 is 6.14. The van der Waals surface area contributed by atoms with E-state index in [0.29, 0.717) is 29.6 Å². The van der Waals surface area contributed by atoms with E-state index < -0.39 is 0 Å². The summed E-state index contributed by atoms with van der Waals surface area (Å²) in [6, 6.07) is 10.1. The van der Waals surface area contributed by atoms with Gasteiger partial charge in [-0.3, -0.25) is 9.78 Å². The van der Waals surface area contributed by atoms with Crippen LogP contribution in [-0.2, 0) is 4.79 Å². The molecule has 1 aliphatic carbocycles. The second-order valence-electron chi connectivity index (χ2n) is 8.63. The first kappa shape index (κ1) is 20.9. The number of pyridine rings is 1. The van der Waals surface area contributed by atoms with Crippen molar-refractivity contribution >= 4 is 45.7 Å². The number of nitrogens with zero attached hydrogens (tertiary/aromatic N) is 5. The highest BCUT2D eigenvalue weighted by molar-refractivity contribution is 6.31. The maximum atomic E-state index is 11.8. The van der Waals surface area contributed by atoms with Crippen molar-refractivity contribution in [1.29, 1.82) is 0 Å². The molecule has 8 heteroatoms. The number of hydrogen-bond acceptors (Lipinski definition) is 7. The summed E-state index contributed by atoms with van der Waals surface area (Å²) in [6.07, 6.45) is 5.04. The Bertz CT molecular complexity index is 1140. The van der Waals surface area contributed by atoms with Crippen LogP contribution in [0.2, 0.25) is 5.02 Å². The van der Waals surface area contributed by atoms with Crippen molar-refractivity contribution in [3.05, 3.63) is 47.2 Å². The highest BCUT2D eigenvalue weighted by Crippen LogP contribution is 2.29. The lowest BCUT2D eigenvalue weighted by Gasteiger charge is -2.37. The number of halogens is 1. The standard InChI is InChI=1S/C24H27ClN6O/c1-16-13-23(29-24(27-16)28-18-3-2-4-19(32)15-18)31-11-9-30(10-12-31)22-7-8-26-21-14-17(25)5-6-20(21)22/h5-8,13-14,18H,2-4,9-12,15H2,1H3,(H,27,28,29). The molecule has 2 fully saturated rings. The van der Waals surface area contributed by atoms with Crippen LogP contribution in [-0.4, -0.2) is 53.0 Å². The van der Waals surface area contributed by atoms with Gasteiger partial charge < -0.3 is 15.1 Å². The van der Waals surface area contributed by atoms with Crippen molar-refractivity contribution in [2.75, 3.05) is 41.3 Å². The van der Waals surface area contributed by atoms with Gasteiger partial charge in [0.2, 0.25) is 5.95 Å². The quantitative estimate of drug-likeness (QED) is 0.637. The molecule has 1 saturated heterocycles. The van der Waals surface area contributed by atoms with Crippen LogP contribution in [0.25, 0.3) is 10.9 Å². The average molecular weight is 451 g/mol. The third kappa shape index (κ3) is 4.48. The predicted molar refractivity (Wildman–Crippen MR) is 129 cm³/mol. The number of carbonyl (C=O) groups excluding carboxylic acids is 1. The van der Waals surface area contributed by atoms with Crippen molar-refractivity contribution in [2.24, 2.45) is 0 Å². The molecule has 2 aromatic heterocycles. The molecule has 1 N–H and O–H groups in total. The number of ketones is 1. The van der Waals surface area contributed by atoms with Crippen molar-refractivity contribution in [3.63, 3.8) is 0 Å². The molecule has 1 unspecified atom stereocenters. The molecule has 32 heavy (non-hydrogen) atoms. The lowest BCUT2D eigenvalue weighted by Crippen LogP contribution is -2.47. The largest absolute Gasteiger partial charge is 0.367 e. The minimum Gasteiger partial charge on any atom is -0.367 e. The fourth-order valence-corrected chi connectivity index (χ4v) is 4.83. The zero-order valence-electron chi connectivity index (χ0n) is 18.2. The van der Waals surface area contributed by atoms with E-state index in [1.807, 2.05) is 37.4 Å². The number of carbonyl (C=O) groups is 1. The van der Waals surface area contributed by atoms with Gasteiger partial charge in [-0.15, -0.1) is 0 Å². The smallest absolute Gasteiger partial charge is 0.225 e. The summed E-state index contributed by atoms with van der Waals surface area (Å²) < 4.78 is 0. The molecule has 7 nitrogen and oxygen atoms in total. The van der Waals surface area contributed by atoms with Crippen LogP contribution in [0.1, 0.15) is 31.4 Å². The molecule has 3 heterocycles. The van der Waals surface area contributed by atoms with E-state index in [9.17, 15) is 4.79 Å². The van der Waals surface area contributed by atoms with Crippen LogP contribution in [0, 0.1) is 6.92 Å². The predicted octanol–water partition coefficient (Wildman–Crippen LogP) is 4.24. The lowest BCUT2D eigenvalue weighted by molar-refractivity contribution is -0.120. The van der Waals surface area contributed by atoms with Crippen LogP contribution in [0.5, 0.6) is 0 Å². The minimum absolute atomic E-state index is 0.135. The molecule has 166 valence electrons. The Morgan fingerprint density at radius 2 is 1.88 bits per heavy atom. The second-order valence-corrected chi connectivity index (χ2v) is 9.07. The molecular formula is C24H27ClN6O. The van der Waals surface area contributed by atoms with Gasteiger partial charge in [-0.25, -0.2) is 4.98 Å². The molecule has 0 radical (unpaired) electrons. The van der Waals surface area contributed by atoms with Crippen LogP contribution in [0.15, 0.2) is 36.5 Å². The summed E-state index contributed by atoms with van der Waals surface area (Å²) in [5, 5.41) is 5.22. The van der Waals surface area contributed by atoms with Gasteiger partial charge in [0.1, 0.15) is 11.6 Å². The molecule has 5 rings (SSSR count). The third-order valence-electron chi connectivity index (χ3n) is 6.28. The molecule has 0 bridgehead atoms. The van der Waals surface area contributed by atoms with E-state index in [2.05, 4.69) is 31.2 Å². The first-order valence-electron chi connectivity index (χ1n) is 11.2.